The smallest absolute Gasteiger partial charge is 0.222 e. The van der Waals surface area contributed by atoms with E-state index < -0.39 is 0 Å². The van der Waals surface area contributed by atoms with E-state index in [0.717, 1.165) is 70.1 Å². The third kappa shape index (κ3) is 4.64. The zero-order valence-electron chi connectivity index (χ0n) is 15.8. The van der Waals surface area contributed by atoms with Gasteiger partial charge in [-0.2, -0.15) is 0 Å². The Morgan fingerprint density at radius 3 is 2.64 bits per heavy atom. The summed E-state index contributed by atoms with van der Waals surface area (Å²) in [6, 6.07) is 4.20. The van der Waals surface area contributed by atoms with Crippen LogP contribution in [0.5, 0.6) is 0 Å². The summed E-state index contributed by atoms with van der Waals surface area (Å²) in [7, 11) is 1.72. The molecule has 0 radical (unpaired) electrons. The van der Waals surface area contributed by atoms with Crippen LogP contribution >= 0.6 is 0 Å². The topological polar surface area (TPSA) is 45.9 Å². The summed E-state index contributed by atoms with van der Waals surface area (Å²) < 4.78 is 11.0. The molecule has 1 spiro atoms. The molecule has 0 N–H and O–H groups in total. The number of ether oxygens (including phenoxy) is 1. The van der Waals surface area contributed by atoms with Crippen LogP contribution in [0.3, 0.4) is 0 Å². The van der Waals surface area contributed by atoms with E-state index in [0.29, 0.717) is 17.7 Å². The summed E-state index contributed by atoms with van der Waals surface area (Å²) in [4.78, 5) is 16.8. The SMILES string of the molecule is CCc1ccc(CN2CCC3(CCC(=O)N(CCCOC)C3)CC2)o1. The van der Waals surface area contributed by atoms with Crippen LogP contribution in [0.15, 0.2) is 16.5 Å². The summed E-state index contributed by atoms with van der Waals surface area (Å²) in [5.74, 6) is 2.47. The molecule has 2 saturated heterocycles. The third-order valence-corrected chi connectivity index (χ3v) is 5.89. The van der Waals surface area contributed by atoms with Gasteiger partial charge >= 0.3 is 0 Å². The highest BCUT2D eigenvalue weighted by atomic mass is 16.5. The van der Waals surface area contributed by atoms with E-state index >= 15 is 0 Å². The van der Waals surface area contributed by atoms with Crippen molar-refractivity contribution >= 4 is 5.91 Å². The highest BCUT2D eigenvalue weighted by Crippen LogP contribution is 2.40. The Labute approximate surface area is 151 Å². The zero-order chi connectivity index (χ0) is 17.7. The van der Waals surface area contributed by atoms with Gasteiger partial charge in [-0.25, -0.2) is 0 Å². The minimum atomic E-state index is 0.326. The number of carbonyl (C=O) groups excluding carboxylic acids is 1. The average Bonchev–Trinajstić information content (AvgIpc) is 3.08. The maximum Gasteiger partial charge on any atom is 0.222 e. The molecular weight excluding hydrogens is 316 g/mol. The van der Waals surface area contributed by atoms with Crippen LogP contribution < -0.4 is 0 Å². The second kappa shape index (κ2) is 8.37. The lowest BCUT2D eigenvalue weighted by Gasteiger charge is -2.47. The first-order valence-electron chi connectivity index (χ1n) is 9.71. The van der Waals surface area contributed by atoms with Crippen molar-refractivity contribution in [3.63, 3.8) is 0 Å². The molecule has 25 heavy (non-hydrogen) atoms. The number of nitrogens with zero attached hydrogens (tertiary/aromatic N) is 2. The maximum absolute atomic E-state index is 12.2. The fourth-order valence-electron chi connectivity index (χ4n) is 4.22. The van der Waals surface area contributed by atoms with E-state index in [4.69, 9.17) is 9.15 Å². The predicted octanol–water partition coefficient (Wildman–Crippen LogP) is 3.08. The molecule has 0 saturated carbocycles. The van der Waals surface area contributed by atoms with Crippen LogP contribution in [-0.4, -0.2) is 55.6 Å². The van der Waals surface area contributed by atoms with Crippen molar-refractivity contribution in [1.82, 2.24) is 9.80 Å². The number of hydrogen-bond donors (Lipinski definition) is 0. The number of methoxy groups -OCH3 is 1. The number of amides is 1. The van der Waals surface area contributed by atoms with Gasteiger partial charge in [0.2, 0.25) is 5.91 Å². The molecule has 1 aromatic rings. The lowest BCUT2D eigenvalue weighted by Crippen LogP contribution is -2.51. The second-order valence-corrected chi connectivity index (χ2v) is 7.66. The third-order valence-electron chi connectivity index (χ3n) is 5.89. The van der Waals surface area contributed by atoms with Crippen molar-refractivity contribution in [1.29, 1.82) is 0 Å². The van der Waals surface area contributed by atoms with Gasteiger partial charge in [-0.05, 0) is 56.3 Å². The number of furan rings is 1. The molecule has 0 aliphatic carbocycles. The van der Waals surface area contributed by atoms with Crippen LogP contribution in [0.2, 0.25) is 0 Å². The van der Waals surface area contributed by atoms with E-state index in [9.17, 15) is 4.79 Å². The summed E-state index contributed by atoms with van der Waals surface area (Å²) in [5, 5.41) is 0. The molecule has 0 aromatic carbocycles. The molecule has 5 nitrogen and oxygen atoms in total. The first-order valence-corrected chi connectivity index (χ1v) is 9.71. The number of hydrogen-bond acceptors (Lipinski definition) is 4. The van der Waals surface area contributed by atoms with Crippen LogP contribution in [0.1, 0.15) is 50.5 Å². The van der Waals surface area contributed by atoms with Crippen molar-refractivity contribution < 1.29 is 13.9 Å². The number of aryl methyl sites for hydroxylation is 1. The van der Waals surface area contributed by atoms with E-state index in [1.807, 2.05) is 0 Å². The van der Waals surface area contributed by atoms with Crippen LogP contribution in [-0.2, 0) is 22.5 Å². The quantitative estimate of drug-likeness (QED) is 0.711. The Hall–Kier alpha value is -1.33. The first kappa shape index (κ1) is 18.5. The molecular formula is C20H32N2O3. The van der Waals surface area contributed by atoms with Gasteiger partial charge in [0.25, 0.3) is 0 Å². The van der Waals surface area contributed by atoms with Crippen molar-refractivity contribution in [2.24, 2.45) is 5.41 Å². The zero-order valence-corrected chi connectivity index (χ0v) is 15.8. The molecule has 5 heteroatoms. The Balaban J connectivity index is 1.50. The maximum atomic E-state index is 12.2. The van der Waals surface area contributed by atoms with E-state index in [1.165, 1.54) is 12.8 Å². The molecule has 140 valence electrons. The summed E-state index contributed by atoms with van der Waals surface area (Å²) in [5.41, 5.74) is 0.329. The molecule has 1 aromatic heterocycles. The van der Waals surface area contributed by atoms with Gasteiger partial charge < -0.3 is 14.1 Å². The molecule has 0 unspecified atom stereocenters. The van der Waals surface area contributed by atoms with Gasteiger partial charge in [0, 0.05) is 39.6 Å². The Kier molecular flexibility index (Phi) is 6.18. The van der Waals surface area contributed by atoms with Crippen LogP contribution in [0, 0.1) is 5.41 Å². The van der Waals surface area contributed by atoms with Gasteiger partial charge in [-0.3, -0.25) is 9.69 Å². The number of piperidine rings is 2. The number of likely N-dealkylation sites (tertiary alicyclic amines) is 2. The normalized spacial score (nSPS) is 21.2. The average molecular weight is 348 g/mol. The van der Waals surface area contributed by atoms with E-state index in [2.05, 4.69) is 28.9 Å². The Morgan fingerprint density at radius 2 is 1.96 bits per heavy atom. The summed E-state index contributed by atoms with van der Waals surface area (Å²) in [6.45, 7) is 7.73. The van der Waals surface area contributed by atoms with Gasteiger partial charge in [0.1, 0.15) is 11.5 Å². The lowest BCUT2D eigenvalue weighted by atomic mass is 9.72. The lowest BCUT2D eigenvalue weighted by molar-refractivity contribution is -0.139. The molecule has 3 rings (SSSR count). The fraction of sp³-hybridized carbons (Fsp3) is 0.750. The monoisotopic (exact) mass is 348 g/mol. The minimum Gasteiger partial charge on any atom is -0.465 e. The van der Waals surface area contributed by atoms with Gasteiger partial charge in [-0.15, -0.1) is 0 Å². The van der Waals surface area contributed by atoms with Crippen molar-refractivity contribution in [2.45, 2.75) is 52.0 Å². The van der Waals surface area contributed by atoms with Gasteiger partial charge in [0.05, 0.1) is 6.54 Å². The number of rotatable bonds is 7. The second-order valence-electron chi connectivity index (χ2n) is 7.66. The summed E-state index contributed by atoms with van der Waals surface area (Å²) in [6.07, 6.45) is 6.02. The largest absolute Gasteiger partial charge is 0.465 e. The van der Waals surface area contributed by atoms with Gasteiger partial charge in [-0.1, -0.05) is 6.92 Å². The molecule has 0 atom stereocenters. The molecule has 3 heterocycles. The van der Waals surface area contributed by atoms with Crippen molar-refractivity contribution in [2.75, 3.05) is 39.9 Å². The highest BCUT2D eigenvalue weighted by Gasteiger charge is 2.40. The van der Waals surface area contributed by atoms with E-state index in [1.54, 1.807) is 7.11 Å². The fourth-order valence-corrected chi connectivity index (χ4v) is 4.22. The Morgan fingerprint density at radius 1 is 1.20 bits per heavy atom. The molecule has 1 amide bonds. The molecule has 2 aliphatic rings. The van der Waals surface area contributed by atoms with Crippen molar-refractivity contribution in [3.05, 3.63) is 23.7 Å². The van der Waals surface area contributed by atoms with Crippen LogP contribution in [0.25, 0.3) is 0 Å². The molecule has 2 fully saturated rings. The van der Waals surface area contributed by atoms with Crippen molar-refractivity contribution in [3.8, 4) is 0 Å². The molecule has 0 bridgehead atoms. The number of carbonyl (C=O) groups is 1. The summed E-state index contributed by atoms with van der Waals surface area (Å²) >= 11 is 0. The van der Waals surface area contributed by atoms with E-state index in [-0.39, 0.29) is 0 Å². The van der Waals surface area contributed by atoms with Gasteiger partial charge in [0.15, 0.2) is 0 Å². The molecule has 2 aliphatic heterocycles. The van der Waals surface area contributed by atoms with Crippen LogP contribution in [0.4, 0.5) is 0 Å². The Bertz CT molecular complexity index is 561. The predicted molar refractivity (Wildman–Crippen MR) is 97.3 cm³/mol. The standard InChI is InChI=1S/C20H32N2O3/c1-3-17-5-6-18(25-17)15-21-12-9-20(10-13-21)8-7-19(23)22(16-20)11-4-14-24-2/h5-6H,3-4,7-16H2,1-2H3. The minimum absolute atomic E-state index is 0.326. The first-order chi connectivity index (χ1) is 12.1. The highest BCUT2D eigenvalue weighted by molar-refractivity contribution is 5.77.